The number of hydrogen-bond acceptors (Lipinski definition) is 5. The molecule has 2 aromatic heterocycles. The molecule has 0 radical (unpaired) electrons. The maximum atomic E-state index is 5.67. The number of nitrogens with zero attached hydrogens (tertiary/aromatic N) is 2. The summed E-state index contributed by atoms with van der Waals surface area (Å²) < 4.78 is 6.90. The maximum Gasteiger partial charge on any atom is 0.249 e. The second kappa shape index (κ2) is 4.88. The van der Waals surface area contributed by atoms with Gasteiger partial charge in [0, 0.05) is 21.9 Å². The fourth-order valence-corrected chi connectivity index (χ4v) is 2.79. The molecule has 3 aromatic rings. The third-order valence-electron chi connectivity index (χ3n) is 2.77. The van der Waals surface area contributed by atoms with Gasteiger partial charge < -0.3 is 10.2 Å². The fraction of sp³-hybridized carbons (Fsp3) is 0.231. The molecule has 4 nitrogen and oxygen atoms in total. The van der Waals surface area contributed by atoms with E-state index in [2.05, 4.69) is 27.7 Å². The number of thiophene rings is 1. The first-order valence-electron chi connectivity index (χ1n) is 5.87. The van der Waals surface area contributed by atoms with Crippen molar-refractivity contribution in [3.8, 4) is 11.5 Å². The van der Waals surface area contributed by atoms with Gasteiger partial charge in [-0.25, -0.2) is 0 Å². The molecule has 0 aliphatic rings. The molecule has 92 valence electrons. The highest BCUT2D eigenvalue weighted by Crippen LogP contribution is 2.32. The molecule has 0 bridgehead atoms. The van der Waals surface area contributed by atoms with Gasteiger partial charge in [0.25, 0.3) is 0 Å². The Morgan fingerprint density at radius 3 is 3.00 bits per heavy atom. The summed E-state index contributed by atoms with van der Waals surface area (Å²) in [5.74, 6) is 1.25. The van der Waals surface area contributed by atoms with E-state index in [-0.39, 0.29) is 0 Å². The lowest BCUT2D eigenvalue weighted by Crippen LogP contribution is -2.00. The summed E-state index contributed by atoms with van der Waals surface area (Å²) in [6, 6.07) is 8.22. The highest BCUT2D eigenvalue weighted by molar-refractivity contribution is 7.17. The van der Waals surface area contributed by atoms with Crippen molar-refractivity contribution >= 4 is 21.4 Å². The van der Waals surface area contributed by atoms with Gasteiger partial charge in [0.05, 0.1) is 5.56 Å². The molecule has 2 heterocycles. The number of rotatable bonds is 4. The van der Waals surface area contributed by atoms with Gasteiger partial charge in [-0.05, 0) is 19.0 Å². The van der Waals surface area contributed by atoms with E-state index in [1.807, 2.05) is 12.1 Å². The molecule has 0 atom stereocenters. The van der Waals surface area contributed by atoms with Gasteiger partial charge in [-0.15, -0.1) is 21.5 Å². The summed E-state index contributed by atoms with van der Waals surface area (Å²) in [4.78, 5) is 0. The number of hydrogen-bond donors (Lipinski definition) is 1. The first-order valence-corrected chi connectivity index (χ1v) is 6.75. The van der Waals surface area contributed by atoms with Crippen molar-refractivity contribution < 1.29 is 4.42 Å². The van der Waals surface area contributed by atoms with Crippen molar-refractivity contribution in [3.05, 3.63) is 35.5 Å². The van der Waals surface area contributed by atoms with Crippen LogP contribution in [0.25, 0.3) is 21.5 Å². The number of aromatic nitrogens is 2. The maximum absolute atomic E-state index is 5.67. The van der Waals surface area contributed by atoms with Gasteiger partial charge in [0.2, 0.25) is 11.8 Å². The SMILES string of the molecule is NCCCc1nnc(-c2csc3ccccc23)o1. The van der Waals surface area contributed by atoms with Crippen LogP contribution in [0.2, 0.25) is 0 Å². The highest BCUT2D eigenvalue weighted by atomic mass is 32.1. The van der Waals surface area contributed by atoms with Crippen LogP contribution >= 0.6 is 11.3 Å². The molecule has 0 spiro atoms. The standard InChI is InChI=1S/C13H13N3OS/c14-7-3-6-12-15-16-13(17-12)10-8-18-11-5-2-1-4-9(10)11/h1-2,4-5,8H,3,6-7,14H2. The first kappa shape index (κ1) is 11.4. The van der Waals surface area contributed by atoms with Gasteiger partial charge in [0.1, 0.15) is 0 Å². The Bertz CT molecular complexity index is 659. The minimum absolute atomic E-state index is 0.597. The molecule has 0 fully saturated rings. The van der Waals surface area contributed by atoms with E-state index < -0.39 is 0 Å². The normalized spacial score (nSPS) is 11.2. The minimum atomic E-state index is 0.597. The molecule has 0 amide bonds. The van der Waals surface area contributed by atoms with E-state index in [9.17, 15) is 0 Å². The van der Waals surface area contributed by atoms with Crippen molar-refractivity contribution in [2.45, 2.75) is 12.8 Å². The summed E-state index contributed by atoms with van der Waals surface area (Å²) in [6.07, 6.45) is 1.61. The van der Waals surface area contributed by atoms with Crippen LogP contribution in [-0.4, -0.2) is 16.7 Å². The smallest absolute Gasteiger partial charge is 0.249 e. The number of fused-ring (bicyclic) bond motifs is 1. The number of aryl methyl sites for hydroxylation is 1. The second-order valence-electron chi connectivity index (χ2n) is 4.04. The predicted octanol–water partition coefficient (Wildman–Crippen LogP) is 2.84. The molecule has 0 aliphatic carbocycles. The zero-order chi connectivity index (χ0) is 12.4. The molecule has 3 rings (SSSR count). The molecule has 1 aromatic carbocycles. The van der Waals surface area contributed by atoms with Crippen molar-refractivity contribution in [2.24, 2.45) is 5.73 Å². The van der Waals surface area contributed by atoms with Crippen molar-refractivity contribution in [1.29, 1.82) is 0 Å². The van der Waals surface area contributed by atoms with E-state index in [1.54, 1.807) is 11.3 Å². The monoisotopic (exact) mass is 259 g/mol. The Hall–Kier alpha value is -1.72. The minimum Gasteiger partial charge on any atom is -0.421 e. The molecule has 18 heavy (non-hydrogen) atoms. The number of nitrogens with two attached hydrogens (primary N) is 1. The van der Waals surface area contributed by atoms with Gasteiger partial charge in [-0.1, -0.05) is 18.2 Å². The Morgan fingerprint density at radius 2 is 2.11 bits per heavy atom. The van der Waals surface area contributed by atoms with Crippen LogP contribution in [0.15, 0.2) is 34.1 Å². The van der Waals surface area contributed by atoms with Crippen LogP contribution in [0.4, 0.5) is 0 Å². The lowest BCUT2D eigenvalue weighted by molar-refractivity contribution is 0.499. The fourth-order valence-electron chi connectivity index (χ4n) is 1.86. The van der Waals surface area contributed by atoms with E-state index in [0.717, 1.165) is 23.8 Å². The topological polar surface area (TPSA) is 64.9 Å². The van der Waals surface area contributed by atoms with Gasteiger partial charge in [-0.2, -0.15) is 0 Å². The van der Waals surface area contributed by atoms with Gasteiger partial charge >= 0.3 is 0 Å². The molecular weight excluding hydrogens is 246 g/mol. The zero-order valence-corrected chi connectivity index (χ0v) is 10.6. The van der Waals surface area contributed by atoms with Crippen LogP contribution in [0, 0.1) is 0 Å². The van der Waals surface area contributed by atoms with Crippen LogP contribution < -0.4 is 5.73 Å². The summed E-state index contributed by atoms with van der Waals surface area (Å²) >= 11 is 1.69. The molecule has 0 aliphatic heterocycles. The van der Waals surface area contributed by atoms with Gasteiger partial charge in [0.15, 0.2) is 0 Å². The predicted molar refractivity (Wildman–Crippen MR) is 72.5 cm³/mol. The summed E-state index contributed by atoms with van der Waals surface area (Å²) in [5, 5.41) is 11.4. The van der Waals surface area contributed by atoms with Crippen LogP contribution in [0.5, 0.6) is 0 Å². The van der Waals surface area contributed by atoms with E-state index in [0.29, 0.717) is 18.3 Å². The molecule has 0 saturated carbocycles. The Kier molecular flexibility index (Phi) is 3.08. The molecule has 0 saturated heterocycles. The highest BCUT2D eigenvalue weighted by Gasteiger charge is 2.12. The molecule has 5 heteroatoms. The largest absolute Gasteiger partial charge is 0.421 e. The first-order chi connectivity index (χ1) is 8.88. The quantitative estimate of drug-likeness (QED) is 0.782. The Morgan fingerprint density at radius 1 is 1.22 bits per heavy atom. The van der Waals surface area contributed by atoms with Crippen molar-refractivity contribution in [1.82, 2.24) is 10.2 Å². The van der Waals surface area contributed by atoms with Crippen LogP contribution in [-0.2, 0) is 6.42 Å². The summed E-state index contributed by atoms with van der Waals surface area (Å²) in [5.41, 5.74) is 6.48. The number of benzene rings is 1. The zero-order valence-electron chi connectivity index (χ0n) is 9.80. The van der Waals surface area contributed by atoms with Crippen molar-refractivity contribution in [3.63, 3.8) is 0 Å². The Balaban J connectivity index is 1.96. The average Bonchev–Trinajstić information content (AvgIpc) is 3.02. The van der Waals surface area contributed by atoms with E-state index in [4.69, 9.17) is 10.2 Å². The van der Waals surface area contributed by atoms with Crippen LogP contribution in [0.3, 0.4) is 0 Å². The third-order valence-corrected chi connectivity index (χ3v) is 3.74. The van der Waals surface area contributed by atoms with E-state index in [1.165, 1.54) is 4.70 Å². The summed E-state index contributed by atoms with van der Waals surface area (Å²) in [7, 11) is 0. The average molecular weight is 259 g/mol. The lowest BCUT2D eigenvalue weighted by atomic mass is 10.2. The molecular formula is C13H13N3OS. The van der Waals surface area contributed by atoms with Crippen molar-refractivity contribution in [2.75, 3.05) is 6.54 Å². The van der Waals surface area contributed by atoms with E-state index >= 15 is 0 Å². The molecule has 0 unspecified atom stereocenters. The van der Waals surface area contributed by atoms with Crippen LogP contribution in [0.1, 0.15) is 12.3 Å². The lowest BCUT2D eigenvalue weighted by Gasteiger charge is -1.93. The molecule has 2 N–H and O–H groups in total. The Labute approximate surface area is 108 Å². The summed E-state index contributed by atoms with van der Waals surface area (Å²) in [6.45, 7) is 0.638. The second-order valence-corrected chi connectivity index (χ2v) is 4.95. The third kappa shape index (κ3) is 2.02. The van der Waals surface area contributed by atoms with Gasteiger partial charge in [-0.3, -0.25) is 0 Å².